The highest BCUT2D eigenvalue weighted by atomic mass is 19.1. The third-order valence-corrected chi connectivity index (χ3v) is 7.18. The van der Waals surface area contributed by atoms with Gasteiger partial charge in [0.25, 0.3) is 0 Å². The zero-order valence-corrected chi connectivity index (χ0v) is 20.3. The number of alkyl halides is 1. The number of hydrogen-bond donors (Lipinski definition) is 1. The normalized spacial score (nSPS) is 19.5. The number of carboxylic acid groups (broad SMARTS) is 1. The molecule has 1 N–H and O–H groups in total. The molecule has 0 aliphatic carbocycles. The van der Waals surface area contributed by atoms with Crippen LogP contribution < -0.4 is 4.74 Å². The maximum Gasteiger partial charge on any atom is 0.308 e. The first-order valence-electron chi connectivity index (χ1n) is 12.5. The van der Waals surface area contributed by atoms with E-state index in [4.69, 9.17) is 4.74 Å². The van der Waals surface area contributed by atoms with Crippen molar-refractivity contribution in [3.8, 4) is 5.75 Å². The summed E-state index contributed by atoms with van der Waals surface area (Å²) in [7, 11) is 1.59. The summed E-state index contributed by atoms with van der Waals surface area (Å²) in [5, 5.41) is 10.6. The van der Waals surface area contributed by atoms with Crippen molar-refractivity contribution >= 4 is 16.9 Å². The Bertz CT molecular complexity index is 1110. The van der Waals surface area contributed by atoms with Crippen molar-refractivity contribution in [3.63, 3.8) is 0 Å². The molecule has 1 fully saturated rings. The maximum atomic E-state index is 15.4. The molecule has 0 amide bonds. The summed E-state index contributed by atoms with van der Waals surface area (Å²) in [5.41, 5.74) is 2.55. The first-order chi connectivity index (χ1) is 17.0. The van der Waals surface area contributed by atoms with Crippen molar-refractivity contribution in [3.05, 3.63) is 66.1 Å². The number of likely N-dealkylation sites (tertiary alicyclic amines) is 1. The van der Waals surface area contributed by atoms with Crippen LogP contribution in [0.5, 0.6) is 5.75 Å². The molecule has 3 aromatic rings. The number of aromatic nitrogens is 2. The predicted octanol–water partition coefficient (Wildman–Crippen LogP) is 5.47. The van der Waals surface area contributed by atoms with E-state index in [1.807, 2.05) is 30.5 Å². The minimum absolute atomic E-state index is 0.0139. The minimum Gasteiger partial charge on any atom is -0.497 e. The van der Waals surface area contributed by atoms with E-state index in [1.54, 1.807) is 25.6 Å². The topological polar surface area (TPSA) is 75.5 Å². The first-order valence-corrected chi connectivity index (χ1v) is 12.5. The second kappa shape index (κ2) is 12.1. The fourth-order valence-electron chi connectivity index (χ4n) is 5.17. The monoisotopic (exact) mass is 479 g/mol. The lowest BCUT2D eigenvalue weighted by Crippen LogP contribution is -2.44. The number of pyridine rings is 2. The van der Waals surface area contributed by atoms with Crippen molar-refractivity contribution in [2.24, 2.45) is 11.8 Å². The fraction of sp³-hybridized carbons (Fsp3) is 0.464. The van der Waals surface area contributed by atoms with Gasteiger partial charge in [0.15, 0.2) is 0 Å². The number of aryl methyl sites for hydroxylation is 1. The number of nitrogens with zero attached hydrogens (tertiary/aromatic N) is 3. The molecular weight excluding hydrogens is 445 g/mol. The number of carboxylic acids is 1. The van der Waals surface area contributed by atoms with Crippen LogP contribution in [-0.4, -0.2) is 52.7 Å². The lowest BCUT2D eigenvalue weighted by atomic mass is 9.81. The molecule has 186 valence electrons. The van der Waals surface area contributed by atoms with Crippen molar-refractivity contribution < 1.29 is 19.0 Å². The molecule has 4 rings (SSSR count). The molecule has 1 aliphatic heterocycles. The van der Waals surface area contributed by atoms with Gasteiger partial charge in [-0.3, -0.25) is 14.8 Å². The molecule has 3 atom stereocenters. The van der Waals surface area contributed by atoms with Gasteiger partial charge < -0.3 is 14.7 Å². The molecule has 35 heavy (non-hydrogen) atoms. The number of methoxy groups -OCH3 is 1. The molecule has 0 radical (unpaired) electrons. The quantitative estimate of drug-likeness (QED) is 0.367. The van der Waals surface area contributed by atoms with Gasteiger partial charge in [0.05, 0.1) is 18.5 Å². The number of hydrogen-bond acceptors (Lipinski definition) is 5. The molecule has 0 bridgehead atoms. The molecular formula is C28H34FN3O3. The highest BCUT2D eigenvalue weighted by molar-refractivity contribution is 5.83. The molecule has 3 heterocycles. The Labute approximate surface area is 206 Å². The number of rotatable bonds is 11. The van der Waals surface area contributed by atoms with Crippen LogP contribution in [0, 0.1) is 11.8 Å². The van der Waals surface area contributed by atoms with Crippen LogP contribution in [0.1, 0.15) is 49.4 Å². The van der Waals surface area contributed by atoms with E-state index in [0.717, 1.165) is 49.7 Å². The van der Waals surface area contributed by atoms with E-state index >= 15 is 4.39 Å². The van der Waals surface area contributed by atoms with E-state index in [2.05, 4.69) is 20.9 Å². The average Bonchev–Trinajstić information content (AvgIpc) is 2.89. The second-order valence-electron chi connectivity index (χ2n) is 9.44. The number of fused-ring (bicyclic) bond motifs is 1. The van der Waals surface area contributed by atoms with Gasteiger partial charge in [-0.1, -0.05) is 6.07 Å². The molecule has 1 unspecified atom stereocenters. The summed E-state index contributed by atoms with van der Waals surface area (Å²) in [6.07, 6.45) is 8.84. The third kappa shape index (κ3) is 6.54. The van der Waals surface area contributed by atoms with E-state index in [1.165, 1.54) is 5.56 Å². The Morgan fingerprint density at radius 3 is 2.91 bits per heavy atom. The molecule has 1 aromatic carbocycles. The van der Waals surface area contributed by atoms with E-state index in [0.29, 0.717) is 30.7 Å². The number of benzene rings is 1. The van der Waals surface area contributed by atoms with Crippen LogP contribution in [-0.2, 0) is 11.2 Å². The number of aliphatic carboxylic acids is 1. The summed E-state index contributed by atoms with van der Waals surface area (Å²) in [6.45, 7) is 2.31. The SMILES string of the molecule is COc1ccc2nccc(C(F)CC[C@@H]3CCN(CCCCc4cccnc4)C[C@@H]3C(=O)O)c2c1. The Kier molecular flexibility index (Phi) is 8.64. The summed E-state index contributed by atoms with van der Waals surface area (Å²) in [4.78, 5) is 22.8. The highest BCUT2D eigenvalue weighted by Gasteiger charge is 2.34. The van der Waals surface area contributed by atoms with Crippen molar-refractivity contribution in [2.45, 2.75) is 44.7 Å². The number of ether oxygens (including phenoxy) is 1. The maximum absolute atomic E-state index is 15.4. The molecule has 1 saturated heterocycles. The van der Waals surface area contributed by atoms with Crippen molar-refractivity contribution in [1.29, 1.82) is 0 Å². The van der Waals surface area contributed by atoms with Crippen LogP contribution in [0.15, 0.2) is 55.0 Å². The number of halogens is 1. The van der Waals surface area contributed by atoms with Crippen molar-refractivity contribution in [2.75, 3.05) is 26.7 Å². The number of unbranched alkanes of at least 4 members (excludes halogenated alkanes) is 1. The zero-order valence-electron chi connectivity index (χ0n) is 20.3. The number of carbonyl (C=O) groups is 1. The summed E-state index contributed by atoms with van der Waals surface area (Å²) >= 11 is 0. The Morgan fingerprint density at radius 1 is 1.26 bits per heavy atom. The largest absolute Gasteiger partial charge is 0.497 e. The summed E-state index contributed by atoms with van der Waals surface area (Å²) < 4.78 is 20.7. The lowest BCUT2D eigenvalue weighted by molar-refractivity contribution is -0.146. The smallest absolute Gasteiger partial charge is 0.308 e. The van der Waals surface area contributed by atoms with Gasteiger partial charge in [0.1, 0.15) is 11.9 Å². The Morgan fingerprint density at radius 2 is 2.14 bits per heavy atom. The standard InChI is InChI=1S/C28H34FN3O3/c1-35-22-8-10-27-24(17-22)23(11-14-31-27)26(29)9-7-21-12-16-32(19-25(21)28(33)34)15-3-2-5-20-6-4-13-30-18-20/h4,6,8,10-11,13-14,17-18,21,25-26H,2-3,5,7,9,12,15-16,19H2,1H3,(H,33,34)/t21-,25+,26?/m1/s1. The molecule has 2 aromatic heterocycles. The zero-order chi connectivity index (χ0) is 24.6. The second-order valence-corrected chi connectivity index (χ2v) is 9.44. The van der Waals surface area contributed by atoms with E-state index < -0.39 is 18.1 Å². The van der Waals surface area contributed by atoms with Crippen LogP contribution in [0.4, 0.5) is 4.39 Å². The van der Waals surface area contributed by atoms with Crippen LogP contribution >= 0.6 is 0 Å². The van der Waals surface area contributed by atoms with Gasteiger partial charge in [0, 0.05) is 30.5 Å². The van der Waals surface area contributed by atoms with Gasteiger partial charge in [0.2, 0.25) is 0 Å². The van der Waals surface area contributed by atoms with E-state index in [9.17, 15) is 9.90 Å². The fourth-order valence-corrected chi connectivity index (χ4v) is 5.17. The molecule has 0 saturated carbocycles. The predicted molar refractivity (Wildman–Crippen MR) is 134 cm³/mol. The first kappa shape index (κ1) is 25.0. The number of piperidine rings is 1. The van der Waals surface area contributed by atoms with Gasteiger partial charge in [-0.25, -0.2) is 4.39 Å². The molecule has 1 aliphatic rings. The minimum atomic E-state index is -1.17. The Hall–Kier alpha value is -3.06. The average molecular weight is 480 g/mol. The van der Waals surface area contributed by atoms with Gasteiger partial charge in [-0.2, -0.15) is 0 Å². The third-order valence-electron chi connectivity index (χ3n) is 7.18. The van der Waals surface area contributed by atoms with Crippen LogP contribution in [0.25, 0.3) is 10.9 Å². The van der Waals surface area contributed by atoms with Gasteiger partial charge in [-0.05, 0) is 99.0 Å². The Balaban J connectivity index is 1.30. The molecule has 7 heteroatoms. The summed E-state index contributed by atoms with van der Waals surface area (Å²) in [5.74, 6) is -0.578. The van der Waals surface area contributed by atoms with E-state index in [-0.39, 0.29) is 5.92 Å². The lowest BCUT2D eigenvalue weighted by Gasteiger charge is -2.37. The molecule has 6 nitrogen and oxygen atoms in total. The van der Waals surface area contributed by atoms with Crippen molar-refractivity contribution in [1.82, 2.24) is 14.9 Å². The van der Waals surface area contributed by atoms with Gasteiger partial charge in [-0.15, -0.1) is 0 Å². The van der Waals surface area contributed by atoms with Gasteiger partial charge >= 0.3 is 5.97 Å². The summed E-state index contributed by atoms with van der Waals surface area (Å²) in [6, 6.07) is 11.2. The molecule has 0 spiro atoms. The van der Waals surface area contributed by atoms with Crippen LogP contribution in [0.2, 0.25) is 0 Å². The van der Waals surface area contributed by atoms with Crippen LogP contribution in [0.3, 0.4) is 0 Å². The highest BCUT2D eigenvalue weighted by Crippen LogP contribution is 2.35.